The molecule has 8 heteroatoms. The van der Waals surface area contributed by atoms with E-state index in [9.17, 15) is 0 Å². The van der Waals surface area contributed by atoms with Crippen LogP contribution in [0.1, 0.15) is 13.3 Å². The summed E-state index contributed by atoms with van der Waals surface area (Å²) in [7, 11) is 0. The van der Waals surface area contributed by atoms with Gasteiger partial charge in [-0.15, -0.1) is 5.10 Å². The van der Waals surface area contributed by atoms with Gasteiger partial charge in [0.05, 0.1) is 6.67 Å². The molecule has 0 radical (unpaired) electrons. The molecule has 0 saturated carbocycles. The van der Waals surface area contributed by atoms with Crippen molar-refractivity contribution >= 4 is 34.5 Å². The Labute approximate surface area is 145 Å². The van der Waals surface area contributed by atoms with Crippen molar-refractivity contribution < 1.29 is 0 Å². The highest BCUT2D eigenvalue weighted by Crippen LogP contribution is 2.16. The van der Waals surface area contributed by atoms with Crippen LogP contribution in [0.25, 0.3) is 0 Å². The van der Waals surface area contributed by atoms with Crippen LogP contribution < -0.4 is 10.2 Å². The molecule has 0 atom stereocenters. The molecule has 0 aliphatic carbocycles. The Hall–Kier alpha value is -1.51. The van der Waals surface area contributed by atoms with E-state index in [1.54, 1.807) is 11.3 Å². The third-order valence-electron chi connectivity index (χ3n) is 3.81. The summed E-state index contributed by atoms with van der Waals surface area (Å²) in [6.07, 6.45) is 2.93. The summed E-state index contributed by atoms with van der Waals surface area (Å²) in [5, 5.41) is 8.80. The average molecular weight is 351 g/mol. The van der Waals surface area contributed by atoms with Gasteiger partial charge in [-0.3, -0.25) is 4.90 Å². The molecular weight excluding hydrogens is 328 g/mol. The van der Waals surface area contributed by atoms with E-state index in [-0.39, 0.29) is 0 Å². The van der Waals surface area contributed by atoms with Gasteiger partial charge in [0, 0.05) is 38.9 Å². The summed E-state index contributed by atoms with van der Waals surface area (Å²) < 4.78 is 2.75. The number of nitrogens with one attached hydrogen (secondary N) is 1. The Morgan fingerprint density at radius 1 is 1.26 bits per heavy atom. The third-order valence-corrected chi connectivity index (χ3v) is 5.08. The predicted molar refractivity (Wildman–Crippen MR) is 97.7 cm³/mol. The van der Waals surface area contributed by atoms with Gasteiger partial charge in [0.15, 0.2) is 3.95 Å². The van der Waals surface area contributed by atoms with Crippen molar-refractivity contribution in [1.29, 1.82) is 0 Å². The van der Waals surface area contributed by atoms with Crippen LogP contribution in [0.5, 0.6) is 0 Å². The average Bonchev–Trinajstić information content (AvgIpc) is 2.94. The summed E-state index contributed by atoms with van der Waals surface area (Å²) in [6.45, 7) is 7.79. The molecule has 0 amide bonds. The molecule has 0 unspecified atom stereocenters. The summed E-state index contributed by atoms with van der Waals surface area (Å²) in [4.78, 5) is 9.14. The number of pyridine rings is 1. The van der Waals surface area contributed by atoms with E-state index in [0.717, 1.165) is 60.7 Å². The number of rotatable bonds is 6. The molecule has 3 heterocycles. The minimum Gasteiger partial charge on any atom is -0.360 e. The predicted octanol–water partition coefficient (Wildman–Crippen LogP) is 2.67. The van der Waals surface area contributed by atoms with Crippen LogP contribution >= 0.6 is 23.6 Å². The molecule has 1 saturated heterocycles. The lowest BCUT2D eigenvalue weighted by Gasteiger charge is -2.35. The highest BCUT2D eigenvalue weighted by Gasteiger charge is 2.18. The first-order valence-electron chi connectivity index (χ1n) is 7.96. The van der Waals surface area contributed by atoms with Gasteiger partial charge in [-0.25, -0.2) is 9.67 Å². The summed E-state index contributed by atoms with van der Waals surface area (Å²) >= 11 is 6.97. The largest absolute Gasteiger partial charge is 0.360 e. The van der Waals surface area contributed by atoms with Gasteiger partial charge in [-0.05, 0) is 30.8 Å². The van der Waals surface area contributed by atoms with Crippen molar-refractivity contribution in [3.05, 3.63) is 28.4 Å². The van der Waals surface area contributed by atoms with Crippen molar-refractivity contribution in [2.75, 3.05) is 42.9 Å². The molecule has 6 nitrogen and oxygen atoms in total. The number of nitrogens with zero attached hydrogens (tertiary/aromatic N) is 5. The molecule has 23 heavy (non-hydrogen) atoms. The molecule has 1 N–H and O–H groups in total. The van der Waals surface area contributed by atoms with Crippen molar-refractivity contribution in [2.24, 2.45) is 0 Å². The van der Waals surface area contributed by atoms with E-state index in [2.05, 4.69) is 38.2 Å². The van der Waals surface area contributed by atoms with Crippen LogP contribution in [0.15, 0.2) is 24.4 Å². The molecule has 3 rings (SSSR count). The smallest absolute Gasteiger partial charge is 0.204 e. The van der Waals surface area contributed by atoms with Crippen molar-refractivity contribution in [1.82, 2.24) is 19.7 Å². The van der Waals surface area contributed by atoms with E-state index in [1.165, 1.54) is 0 Å². The van der Waals surface area contributed by atoms with Crippen molar-refractivity contribution in [3.63, 3.8) is 0 Å². The Morgan fingerprint density at radius 3 is 2.78 bits per heavy atom. The molecular formula is C15H22N6S2. The van der Waals surface area contributed by atoms with Gasteiger partial charge < -0.3 is 10.2 Å². The first-order chi connectivity index (χ1) is 11.3. The molecule has 1 aliphatic heterocycles. The van der Waals surface area contributed by atoms with E-state index in [4.69, 9.17) is 12.2 Å². The minimum absolute atomic E-state index is 0.763. The fraction of sp³-hybridized carbons (Fsp3) is 0.533. The van der Waals surface area contributed by atoms with E-state index >= 15 is 0 Å². The SMILES string of the molecule is CCCNc1nn(CN2CCN(c3ccccn3)CC2)c(=S)s1. The first kappa shape index (κ1) is 16.4. The van der Waals surface area contributed by atoms with Gasteiger partial charge in [0.2, 0.25) is 5.13 Å². The molecule has 124 valence electrons. The van der Waals surface area contributed by atoms with Crippen LogP contribution in [0.3, 0.4) is 0 Å². The fourth-order valence-corrected chi connectivity index (χ4v) is 3.57. The lowest BCUT2D eigenvalue weighted by molar-refractivity contribution is 0.195. The highest BCUT2D eigenvalue weighted by atomic mass is 32.1. The molecule has 0 bridgehead atoms. The summed E-state index contributed by atoms with van der Waals surface area (Å²) in [6, 6.07) is 6.06. The quantitative estimate of drug-likeness (QED) is 0.809. The van der Waals surface area contributed by atoms with Crippen LogP contribution in [-0.4, -0.2) is 52.4 Å². The zero-order valence-corrected chi connectivity index (χ0v) is 14.9. The molecule has 0 spiro atoms. The minimum atomic E-state index is 0.763. The number of piperazine rings is 1. The zero-order valence-electron chi connectivity index (χ0n) is 13.3. The normalized spacial score (nSPS) is 15.8. The lowest BCUT2D eigenvalue weighted by atomic mass is 10.3. The Morgan fingerprint density at radius 2 is 2.09 bits per heavy atom. The molecule has 0 aromatic carbocycles. The standard InChI is InChI=1S/C15H22N6S2/c1-2-6-17-14-18-21(15(22)23-14)12-19-8-10-20(11-9-19)13-5-3-4-7-16-13/h3-5,7H,2,6,8-12H2,1H3,(H,17,18). The summed E-state index contributed by atoms with van der Waals surface area (Å²) in [5.74, 6) is 1.06. The van der Waals surface area contributed by atoms with Crippen molar-refractivity contribution in [2.45, 2.75) is 20.0 Å². The van der Waals surface area contributed by atoms with Gasteiger partial charge >= 0.3 is 0 Å². The second-order valence-corrected chi connectivity index (χ2v) is 7.16. The summed E-state index contributed by atoms with van der Waals surface area (Å²) in [5.41, 5.74) is 0. The topological polar surface area (TPSA) is 49.2 Å². The maximum absolute atomic E-state index is 5.42. The van der Waals surface area contributed by atoms with E-state index in [0.29, 0.717) is 0 Å². The Bertz CT molecular complexity index is 660. The third kappa shape index (κ3) is 4.27. The van der Waals surface area contributed by atoms with Crippen LogP contribution in [0, 0.1) is 3.95 Å². The van der Waals surface area contributed by atoms with Crippen LogP contribution in [-0.2, 0) is 6.67 Å². The number of hydrogen-bond acceptors (Lipinski definition) is 7. The lowest BCUT2D eigenvalue weighted by Crippen LogP contribution is -2.47. The fourth-order valence-electron chi connectivity index (χ4n) is 2.55. The number of aromatic nitrogens is 3. The van der Waals surface area contributed by atoms with Crippen LogP contribution in [0.4, 0.5) is 10.9 Å². The molecule has 1 aliphatic rings. The highest BCUT2D eigenvalue weighted by molar-refractivity contribution is 7.73. The van der Waals surface area contributed by atoms with Crippen LogP contribution in [0.2, 0.25) is 0 Å². The Kier molecular flexibility index (Phi) is 5.58. The monoisotopic (exact) mass is 350 g/mol. The maximum Gasteiger partial charge on any atom is 0.204 e. The first-order valence-corrected chi connectivity index (χ1v) is 9.19. The van der Waals surface area contributed by atoms with E-state index in [1.807, 2.05) is 23.0 Å². The number of anilines is 2. The van der Waals surface area contributed by atoms with Gasteiger partial charge in [-0.2, -0.15) is 0 Å². The van der Waals surface area contributed by atoms with E-state index < -0.39 is 0 Å². The van der Waals surface area contributed by atoms with Crippen molar-refractivity contribution in [3.8, 4) is 0 Å². The maximum atomic E-state index is 5.42. The van der Waals surface area contributed by atoms with Gasteiger partial charge in [0.1, 0.15) is 5.82 Å². The van der Waals surface area contributed by atoms with Gasteiger partial charge in [0.25, 0.3) is 0 Å². The Balaban J connectivity index is 1.55. The zero-order chi connectivity index (χ0) is 16.1. The second-order valence-electron chi connectivity index (χ2n) is 5.53. The molecule has 2 aromatic rings. The number of hydrogen-bond donors (Lipinski definition) is 1. The molecule has 2 aromatic heterocycles. The van der Waals surface area contributed by atoms with Gasteiger partial charge in [-0.1, -0.05) is 24.3 Å². The molecule has 1 fully saturated rings. The second kappa shape index (κ2) is 7.85.